The molecule has 0 aliphatic carbocycles. The molecule has 50 heavy (non-hydrogen) atoms. The molecule has 4 aromatic rings. The number of rotatable bonds is 12. The molecular formula is C40H47NO7S2. The van der Waals surface area contributed by atoms with Gasteiger partial charge in [0.25, 0.3) is 0 Å². The Labute approximate surface area is 303 Å². The van der Waals surface area contributed by atoms with Crippen molar-refractivity contribution in [1.82, 2.24) is 4.98 Å². The minimum Gasteiger partial charge on any atom is -0.486 e. The summed E-state index contributed by atoms with van der Waals surface area (Å²) in [6, 6.07) is 18.8. The van der Waals surface area contributed by atoms with Gasteiger partial charge >= 0.3 is 0 Å². The fraction of sp³-hybridized carbons (Fsp3) is 0.525. The van der Waals surface area contributed by atoms with E-state index in [1.54, 1.807) is 11.3 Å². The van der Waals surface area contributed by atoms with E-state index in [4.69, 9.17) is 38.1 Å². The highest BCUT2D eigenvalue weighted by Crippen LogP contribution is 2.54. The van der Waals surface area contributed by atoms with Crippen LogP contribution < -0.4 is 18.9 Å². The lowest BCUT2D eigenvalue weighted by Crippen LogP contribution is -2.54. The molecule has 0 radical (unpaired) electrons. The number of nitrogens with zero attached hydrogens (tertiary/aromatic N) is 1. The molecule has 8 rings (SSSR count). The fourth-order valence-electron chi connectivity index (χ4n) is 8.72. The van der Waals surface area contributed by atoms with Crippen molar-refractivity contribution in [2.24, 2.45) is 11.8 Å². The van der Waals surface area contributed by atoms with Gasteiger partial charge in [-0.1, -0.05) is 24.3 Å². The zero-order valence-electron chi connectivity index (χ0n) is 29.1. The number of hydrogen-bond donors (Lipinski definition) is 0. The number of ether oxygens (including phenoxy) is 7. The average molecular weight is 718 g/mol. The van der Waals surface area contributed by atoms with E-state index >= 15 is 0 Å². The molecule has 6 unspecified atom stereocenters. The van der Waals surface area contributed by atoms with Gasteiger partial charge in [0.2, 0.25) is 6.79 Å². The average Bonchev–Trinajstić information content (AvgIpc) is 3.95. The van der Waals surface area contributed by atoms with Crippen molar-refractivity contribution in [3.05, 3.63) is 86.5 Å². The molecule has 6 atom stereocenters. The Morgan fingerprint density at radius 3 is 2.52 bits per heavy atom. The molecule has 2 aromatic carbocycles. The van der Waals surface area contributed by atoms with Crippen molar-refractivity contribution >= 4 is 22.7 Å². The van der Waals surface area contributed by atoms with Crippen LogP contribution >= 0.6 is 22.7 Å². The second-order valence-electron chi connectivity index (χ2n) is 14.6. The van der Waals surface area contributed by atoms with E-state index < -0.39 is 11.2 Å². The van der Waals surface area contributed by atoms with Gasteiger partial charge in [-0.2, -0.15) is 0 Å². The van der Waals surface area contributed by atoms with Crippen molar-refractivity contribution in [1.29, 1.82) is 0 Å². The van der Waals surface area contributed by atoms with Crippen LogP contribution in [0.15, 0.2) is 65.5 Å². The largest absolute Gasteiger partial charge is 0.486 e. The molecule has 2 saturated heterocycles. The lowest BCUT2D eigenvalue weighted by atomic mass is 9.56. The van der Waals surface area contributed by atoms with Gasteiger partial charge in [-0.3, -0.25) is 0 Å². The predicted octanol–water partition coefficient (Wildman–Crippen LogP) is 8.54. The van der Waals surface area contributed by atoms with E-state index in [1.807, 2.05) is 55.0 Å². The first kappa shape index (κ1) is 34.0. The maximum Gasteiger partial charge on any atom is 0.231 e. The third kappa shape index (κ3) is 7.02. The van der Waals surface area contributed by atoms with E-state index in [9.17, 15) is 0 Å². The van der Waals surface area contributed by atoms with Crippen LogP contribution in [0.4, 0.5) is 0 Å². The molecule has 0 amide bonds. The second-order valence-corrected chi connectivity index (χ2v) is 16.7. The number of thiophene rings is 1. The zero-order chi connectivity index (χ0) is 34.1. The summed E-state index contributed by atoms with van der Waals surface area (Å²) in [6.07, 6.45) is 6.25. The van der Waals surface area contributed by atoms with E-state index in [-0.39, 0.29) is 36.9 Å². The van der Waals surface area contributed by atoms with E-state index in [2.05, 4.69) is 42.6 Å². The fourth-order valence-corrected chi connectivity index (χ4v) is 10.2. The molecule has 8 nitrogen and oxygen atoms in total. The Bertz CT molecular complexity index is 1730. The first-order valence-electron chi connectivity index (χ1n) is 18.0. The number of aryl methyl sites for hydroxylation is 1. The normalized spacial score (nSPS) is 24.8. The number of aromatic nitrogens is 1. The maximum absolute atomic E-state index is 6.93. The number of benzene rings is 2. The minimum absolute atomic E-state index is 0.00733. The van der Waals surface area contributed by atoms with Gasteiger partial charge in [0, 0.05) is 27.7 Å². The maximum atomic E-state index is 6.93. The molecule has 6 heterocycles. The molecule has 0 N–H and O–H groups in total. The number of fused-ring (bicyclic) bond motifs is 2. The van der Waals surface area contributed by atoms with E-state index in [0.29, 0.717) is 19.6 Å². The smallest absolute Gasteiger partial charge is 0.231 e. The van der Waals surface area contributed by atoms with Crippen molar-refractivity contribution in [2.75, 3.05) is 26.6 Å². The van der Waals surface area contributed by atoms with Crippen molar-refractivity contribution in [3.8, 4) is 23.0 Å². The van der Waals surface area contributed by atoms with Crippen LogP contribution in [0.25, 0.3) is 0 Å². The Kier molecular flexibility index (Phi) is 9.83. The monoisotopic (exact) mass is 717 g/mol. The number of para-hydroxylation sites is 2. The molecule has 4 aliphatic rings. The van der Waals surface area contributed by atoms with Crippen LogP contribution in [0, 0.1) is 18.8 Å². The second kappa shape index (κ2) is 14.5. The summed E-state index contributed by atoms with van der Waals surface area (Å²) in [6.45, 7) is 8.29. The zero-order valence-corrected chi connectivity index (χ0v) is 30.8. The molecular weight excluding hydrogens is 671 g/mol. The molecule has 266 valence electrons. The Balaban J connectivity index is 1.31. The first-order valence-corrected chi connectivity index (χ1v) is 19.8. The highest BCUT2D eigenvalue weighted by molar-refractivity contribution is 7.10. The highest BCUT2D eigenvalue weighted by atomic mass is 32.1. The molecule has 0 bridgehead atoms. The van der Waals surface area contributed by atoms with Crippen molar-refractivity contribution in [3.63, 3.8) is 0 Å². The highest BCUT2D eigenvalue weighted by Gasteiger charge is 2.56. The minimum atomic E-state index is -0.691. The Hall–Kier alpha value is -3.15. The molecule has 4 aliphatic heterocycles. The van der Waals surface area contributed by atoms with Gasteiger partial charge in [0.1, 0.15) is 12.7 Å². The molecule has 2 aromatic heterocycles. The topological polar surface area (TPSA) is 77.5 Å². The summed E-state index contributed by atoms with van der Waals surface area (Å²) in [5, 5.41) is 2.18. The number of thiazole rings is 1. The third-order valence-electron chi connectivity index (χ3n) is 10.9. The lowest BCUT2D eigenvalue weighted by Gasteiger charge is -2.50. The van der Waals surface area contributed by atoms with Gasteiger partial charge in [0.05, 0.1) is 30.0 Å². The third-order valence-corrected chi connectivity index (χ3v) is 12.6. The van der Waals surface area contributed by atoms with Gasteiger partial charge in [-0.05, 0) is 113 Å². The quantitative estimate of drug-likeness (QED) is 0.144. The SMILES string of the molecule is Cc1scnc1C(CC1COc2ccccc2O1)(C(Cc1ccc2c(c1)OCO2)Cc1cccs1)C(CC1CCCCO1)C1COC(C)(C)O1. The Morgan fingerprint density at radius 2 is 1.76 bits per heavy atom. The summed E-state index contributed by atoms with van der Waals surface area (Å²) in [4.78, 5) is 7.88. The van der Waals surface area contributed by atoms with Crippen LogP contribution in [0.5, 0.6) is 23.0 Å². The van der Waals surface area contributed by atoms with Crippen LogP contribution in [0.1, 0.15) is 67.0 Å². The number of hydrogen-bond acceptors (Lipinski definition) is 10. The standard InChI is InChI=1S/C40H47NO7S2/c1-26-38(41-24-50-26)40(21-30-22-43-33-11-4-5-12-35(33)47-30,32(20-29-9-6-7-15-42-29)37-23-46-39(2,3)48-37)28(19-31-10-8-16-49-31)17-27-13-14-34-36(18-27)45-25-44-34/h4-5,8,10-14,16,18,24,28-30,32,37H,6-7,9,15,17,19-23,25H2,1-3H3. The van der Waals surface area contributed by atoms with Crippen LogP contribution in [-0.2, 0) is 32.5 Å². The van der Waals surface area contributed by atoms with Gasteiger partial charge in [0.15, 0.2) is 28.8 Å². The van der Waals surface area contributed by atoms with E-state index in [0.717, 1.165) is 67.4 Å². The lowest BCUT2D eigenvalue weighted by molar-refractivity contribution is -0.155. The summed E-state index contributed by atoms with van der Waals surface area (Å²) < 4.78 is 44.8. The van der Waals surface area contributed by atoms with Gasteiger partial charge in [-0.25, -0.2) is 4.98 Å². The Morgan fingerprint density at radius 1 is 0.900 bits per heavy atom. The molecule has 10 heteroatoms. The summed E-state index contributed by atoms with van der Waals surface area (Å²) >= 11 is 3.53. The molecule has 0 saturated carbocycles. The first-order chi connectivity index (χ1) is 24.4. The summed E-state index contributed by atoms with van der Waals surface area (Å²) in [5.74, 6) is 2.58. The molecule has 0 spiro atoms. The molecule has 2 fully saturated rings. The van der Waals surface area contributed by atoms with Crippen LogP contribution in [0.3, 0.4) is 0 Å². The van der Waals surface area contributed by atoms with E-state index in [1.165, 1.54) is 21.7 Å². The van der Waals surface area contributed by atoms with Crippen LogP contribution in [0.2, 0.25) is 0 Å². The van der Waals surface area contributed by atoms with Crippen molar-refractivity contribution < 1.29 is 33.2 Å². The van der Waals surface area contributed by atoms with Crippen LogP contribution in [-0.4, -0.2) is 55.7 Å². The predicted molar refractivity (Wildman–Crippen MR) is 194 cm³/mol. The van der Waals surface area contributed by atoms with Crippen molar-refractivity contribution in [2.45, 2.75) is 95.2 Å². The summed E-state index contributed by atoms with van der Waals surface area (Å²) in [5.41, 5.74) is 3.83. The van der Waals surface area contributed by atoms with Gasteiger partial charge < -0.3 is 33.2 Å². The van der Waals surface area contributed by atoms with Gasteiger partial charge in [-0.15, -0.1) is 22.7 Å². The summed E-state index contributed by atoms with van der Waals surface area (Å²) in [7, 11) is 0.